The number of rotatable bonds is 13. The van der Waals surface area contributed by atoms with Gasteiger partial charge in [-0.25, -0.2) is 0 Å². The molecule has 37 heavy (non-hydrogen) atoms. The minimum Gasteiger partial charge on any atom is -0.506 e. The second-order valence-electron chi connectivity index (χ2n) is 11.9. The van der Waals surface area contributed by atoms with E-state index < -0.39 is 0 Å². The zero-order valence-electron chi connectivity index (χ0n) is 23.0. The van der Waals surface area contributed by atoms with Crippen LogP contribution in [0.1, 0.15) is 71.4 Å². The number of nitrogens with one attached hydrogen (secondary N) is 2. The molecular formula is C30H43N3O3S. The Kier molecular flexibility index (Phi) is 9.96. The Balaban J connectivity index is 1.47. The van der Waals surface area contributed by atoms with Crippen molar-refractivity contribution in [1.29, 1.82) is 0 Å². The molecule has 0 spiro atoms. The van der Waals surface area contributed by atoms with Crippen molar-refractivity contribution in [1.82, 2.24) is 15.2 Å². The fourth-order valence-corrected chi connectivity index (χ4v) is 5.66. The standard InChI is InChI=1S/C30H43N3O3S/c1-29(2,3)21-33(25(35)17-18-31-30(4,5)20-22-12-8-6-9-13-22)19-11-7-10-14-23-15-16-24(34)26-27(23)37-28(36)32-26/h6,8-9,12-13,15-16,31,34H,7,10-11,14,17-21H2,1-5H3,(H,32,36). The smallest absolute Gasteiger partial charge is 0.305 e. The van der Waals surface area contributed by atoms with Gasteiger partial charge >= 0.3 is 4.87 Å². The van der Waals surface area contributed by atoms with Crippen LogP contribution in [0.25, 0.3) is 10.2 Å². The van der Waals surface area contributed by atoms with Crippen molar-refractivity contribution in [2.24, 2.45) is 5.41 Å². The average molecular weight is 526 g/mol. The lowest BCUT2D eigenvalue weighted by atomic mass is 9.94. The van der Waals surface area contributed by atoms with E-state index >= 15 is 0 Å². The summed E-state index contributed by atoms with van der Waals surface area (Å²) in [6, 6.07) is 14.0. The molecule has 6 nitrogen and oxygen atoms in total. The number of carbonyl (C=O) groups is 1. The number of phenolic OH excluding ortho intramolecular Hbond substituents is 1. The van der Waals surface area contributed by atoms with E-state index in [0.29, 0.717) is 18.5 Å². The Morgan fingerprint density at radius 2 is 1.76 bits per heavy atom. The molecule has 2 aromatic carbocycles. The van der Waals surface area contributed by atoms with Gasteiger partial charge < -0.3 is 20.3 Å². The van der Waals surface area contributed by atoms with Crippen LogP contribution in [0.3, 0.4) is 0 Å². The number of carbonyl (C=O) groups excluding carboxylic acids is 1. The summed E-state index contributed by atoms with van der Waals surface area (Å²) in [7, 11) is 0. The summed E-state index contributed by atoms with van der Waals surface area (Å²) in [6.45, 7) is 13.1. The van der Waals surface area contributed by atoms with E-state index in [1.165, 1.54) is 5.56 Å². The maximum Gasteiger partial charge on any atom is 0.305 e. The molecule has 3 rings (SSSR count). The second kappa shape index (κ2) is 12.7. The van der Waals surface area contributed by atoms with Crippen molar-refractivity contribution in [2.45, 2.75) is 78.7 Å². The summed E-state index contributed by atoms with van der Waals surface area (Å²) in [5, 5.41) is 13.6. The highest BCUT2D eigenvalue weighted by Crippen LogP contribution is 2.29. The van der Waals surface area contributed by atoms with Crippen molar-refractivity contribution in [3.8, 4) is 5.75 Å². The molecule has 202 valence electrons. The average Bonchev–Trinajstić information content (AvgIpc) is 3.21. The van der Waals surface area contributed by atoms with Crippen LogP contribution in [0.15, 0.2) is 47.3 Å². The molecule has 0 radical (unpaired) electrons. The van der Waals surface area contributed by atoms with Crippen LogP contribution in [-0.4, -0.2) is 46.1 Å². The first-order chi connectivity index (χ1) is 17.4. The van der Waals surface area contributed by atoms with Gasteiger partial charge in [-0.1, -0.05) is 74.9 Å². The fraction of sp³-hybridized carbons (Fsp3) is 0.533. The lowest BCUT2D eigenvalue weighted by Gasteiger charge is -2.31. The Morgan fingerprint density at radius 3 is 2.46 bits per heavy atom. The van der Waals surface area contributed by atoms with Gasteiger partial charge in [0.15, 0.2) is 0 Å². The van der Waals surface area contributed by atoms with E-state index in [0.717, 1.165) is 66.8 Å². The molecule has 0 bridgehead atoms. The van der Waals surface area contributed by atoms with Gasteiger partial charge in [0.05, 0.1) is 4.70 Å². The summed E-state index contributed by atoms with van der Waals surface area (Å²) in [5.41, 5.74) is 2.87. The normalized spacial score (nSPS) is 12.2. The fourth-order valence-electron chi connectivity index (χ4n) is 4.76. The Labute approximate surface area is 225 Å². The first-order valence-corrected chi connectivity index (χ1v) is 14.2. The Hall–Kier alpha value is -2.64. The molecule has 1 aromatic heterocycles. The highest BCUT2D eigenvalue weighted by Gasteiger charge is 2.22. The van der Waals surface area contributed by atoms with Crippen LogP contribution in [0, 0.1) is 5.41 Å². The number of aromatic hydroxyl groups is 1. The topological polar surface area (TPSA) is 85.4 Å². The van der Waals surface area contributed by atoms with Crippen LogP contribution < -0.4 is 10.2 Å². The number of aryl methyl sites for hydroxylation is 1. The summed E-state index contributed by atoms with van der Waals surface area (Å²) >= 11 is 1.15. The molecule has 7 heteroatoms. The zero-order valence-corrected chi connectivity index (χ0v) is 23.8. The third-order valence-corrected chi connectivity index (χ3v) is 7.42. The first-order valence-electron chi connectivity index (χ1n) is 13.3. The number of aromatic nitrogens is 1. The summed E-state index contributed by atoms with van der Waals surface area (Å²) in [4.78, 5) is 29.5. The van der Waals surface area contributed by atoms with Gasteiger partial charge in [-0.05, 0) is 62.1 Å². The Morgan fingerprint density at radius 1 is 1.03 bits per heavy atom. The largest absolute Gasteiger partial charge is 0.506 e. The van der Waals surface area contributed by atoms with Gasteiger partial charge in [0.2, 0.25) is 5.91 Å². The number of benzene rings is 2. The van der Waals surface area contributed by atoms with Crippen LogP contribution in [0.5, 0.6) is 5.75 Å². The van der Waals surface area contributed by atoms with Crippen LogP contribution in [-0.2, 0) is 17.6 Å². The molecule has 0 aliphatic rings. The third-order valence-electron chi connectivity index (χ3n) is 6.46. The van der Waals surface area contributed by atoms with Crippen molar-refractivity contribution < 1.29 is 9.90 Å². The van der Waals surface area contributed by atoms with Crippen molar-refractivity contribution in [3.05, 3.63) is 63.3 Å². The van der Waals surface area contributed by atoms with Gasteiger partial charge in [-0.3, -0.25) is 9.59 Å². The predicted molar refractivity (Wildman–Crippen MR) is 155 cm³/mol. The number of amides is 1. The molecule has 3 N–H and O–H groups in total. The highest BCUT2D eigenvalue weighted by atomic mass is 32.1. The van der Waals surface area contributed by atoms with E-state index in [1.54, 1.807) is 6.07 Å². The summed E-state index contributed by atoms with van der Waals surface area (Å²) < 4.78 is 0.845. The van der Waals surface area contributed by atoms with Gasteiger partial charge in [0.25, 0.3) is 0 Å². The quantitative estimate of drug-likeness (QED) is 0.243. The number of nitrogens with zero attached hydrogens (tertiary/aromatic N) is 1. The monoisotopic (exact) mass is 525 g/mol. The number of unbranched alkanes of at least 4 members (excludes halogenated alkanes) is 2. The third kappa shape index (κ3) is 9.31. The molecule has 0 saturated heterocycles. The maximum absolute atomic E-state index is 13.2. The minimum absolute atomic E-state index is 0.0407. The van der Waals surface area contributed by atoms with E-state index in [9.17, 15) is 14.7 Å². The Bertz CT molecular complexity index is 1210. The molecule has 0 unspecified atom stereocenters. The van der Waals surface area contributed by atoms with Gasteiger partial charge in [-0.15, -0.1) is 0 Å². The van der Waals surface area contributed by atoms with Crippen molar-refractivity contribution in [3.63, 3.8) is 0 Å². The van der Waals surface area contributed by atoms with Gasteiger partial charge in [0.1, 0.15) is 11.3 Å². The number of thiazole rings is 1. The lowest BCUT2D eigenvalue weighted by molar-refractivity contribution is -0.132. The minimum atomic E-state index is -0.146. The molecule has 0 atom stereocenters. The maximum atomic E-state index is 13.2. The summed E-state index contributed by atoms with van der Waals surface area (Å²) in [6.07, 6.45) is 5.17. The van der Waals surface area contributed by atoms with Gasteiger partial charge in [-0.2, -0.15) is 0 Å². The van der Waals surface area contributed by atoms with Crippen LogP contribution >= 0.6 is 11.3 Å². The van der Waals surface area contributed by atoms with Crippen molar-refractivity contribution >= 4 is 27.5 Å². The molecule has 0 saturated carbocycles. The molecule has 1 amide bonds. The predicted octanol–water partition coefficient (Wildman–Crippen LogP) is 5.88. The van der Waals surface area contributed by atoms with Gasteiger partial charge in [0, 0.05) is 31.6 Å². The van der Waals surface area contributed by atoms with E-state index in [2.05, 4.69) is 69.2 Å². The number of aromatic amines is 1. The molecule has 1 heterocycles. The number of fused-ring (bicyclic) bond motifs is 1. The molecule has 0 fully saturated rings. The van der Waals surface area contributed by atoms with E-state index in [1.807, 2.05) is 17.0 Å². The number of phenols is 1. The second-order valence-corrected chi connectivity index (χ2v) is 12.9. The number of H-pyrrole nitrogens is 1. The molecule has 0 aliphatic carbocycles. The SMILES string of the molecule is CC(C)(C)CN(CCCCCc1ccc(O)c2[nH]c(=O)sc12)C(=O)CCNC(C)(C)Cc1ccccc1. The van der Waals surface area contributed by atoms with Crippen LogP contribution in [0.2, 0.25) is 0 Å². The van der Waals surface area contributed by atoms with E-state index in [4.69, 9.17) is 0 Å². The van der Waals surface area contributed by atoms with E-state index in [-0.39, 0.29) is 27.5 Å². The van der Waals surface area contributed by atoms with Crippen LogP contribution in [0.4, 0.5) is 0 Å². The first kappa shape index (κ1) is 28.9. The highest BCUT2D eigenvalue weighted by molar-refractivity contribution is 7.16. The zero-order chi connectivity index (χ0) is 27.1. The lowest BCUT2D eigenvalue weighted by Crippen LogP contribution is -2.44. The molecule has 3 aromatic rings. The number of hydrogen-bond donors (Lipinski definition) is 3. The molecule has 0 aliphatic heterocycles. The number of hydrogen-bond acceptors (Lipinski definition) is 5. The summed E-state index contributed by atoms with van der Waals surface area (Å²) in [5.74, 6) is 0.321. The van der Waals surface area contributed by atoms with Crippen molar-refractivity contribution in [2.75, 3.05) is 19.6 Å². The molecular weight excluding hydrogens is 482 g/mol.